The fourth-order valence-corrected chi connectivity index (χ4v) is 4.98. The summed E-state index contributed by atoms with van der Waals surface area (Å²) in [5.74, 6) is 0.0669. The summed E-state index contributed by atoms with van der Waals surface area (Å²) in [6, 6.07) is 6.32. The summed E-state index contributed by atoms with van der Waals surface area (Å²) in [7, 11) is 0. The SMILES string of the molecule is Cl.O=C(NCC1CCCN(C(=O)c2cc3cc(F)ccc3s2)C1)C1CCCN1. The van der Waals surface area contributed by atoms with Crippen LogP contribution in [-0.4, -0.2) is 48.9 Å². The van der Waals surface area contributed by atoms with Crippen LogP contribution in [0.3, 0.4) is 0 Å². The number of piperidine rings is 1. The van der Waals surface area contributed by atoms with E-state index in [9.17, 15) is 14.0 Å². The lowest BCUT2D eigenvalue weighted by atomic mass is 9.97. The molecule has 2 aliphatic heterocycles. The van der Waals surface area contributed by atoms with E-state index in [1.807, 2.05) is 4.90 Å². The summed E-state index contributed by atoms with van der Waals surface area (Å²) in [5.41, 5.74) is 0. The highest BCUT2D eigenvalue weighted by atomic mass is 35.5. The number of rotatable bonds is 4. The minimum atomic E-state index is -0.287. The standard InChI is InChI=1S/C20H24FN3O2S.ClH/c21-15-5-6-17-14(9-15)10-18(27-17)20(26)24-8-2-3-13(12-24)11-23-19(25)16-4-1-7-22-16;/h5-6,9-10,13,16,22H,1-4,7-8,11-12H2,(H,23,25);1H. The van der Waals surface area contributed by atoms with Gasteiger partial charge >= 0.3 is 0 Å². The van der Waals surface area contributed by atoms with Gasteiger partial charge in [0.15, 0.2) is 0 Å². The monoisotopic (exact) mass is 425 g/mol. The topological polar surface area (TPSA) is 61.4 Å². The third-order valence-corrected chi connectivity index (χ3v) is 6.54. The van der Waals surface area contributed by atoms with E-state index in [4.69, 9.17) is 0 Å². The number of likely N-dealkylation sites (tertiary alicyclic amines) is 1. The maximum Gasteiger partial charge on any atom is 0.263 e. The molecule has 3 heterocycles. The number of thiophene rings is 1. The van der Waals surface area contributed by atoms with Gasteiger partial charge in [-0.3, -0.25) is 9.59 Å². The molecular weight excluding hydrogens is 401 g/mol. The molecule has 4 rings (SSSR count). The normalized spacial score (nSPS) is 22.1. The van der Waals surface area contributed by atoms with Gasteiger partial charge in [0.2, 0.25) is 5.91 Å². The number of nitrogens with zero attached hydrogens (tertiary/aromatic N) is 1. The first-order valence-corrected chi connectivity index (χ1v) is 10.4. The van der Waals surface area contributed by atoms with E-state index in [0.717, 1.165) is 48.9 Å². The van der Waals surface area contributed by atoms with E-state index in [1.54, 1.807) is 12.1 Å². The number of fused-ring (bicyclic) bond motifs is 1. The average molecular weight is 426 g/mol. The zero-order valence-electron chi connectivity index (χ0n) is 15.6. The van der Waals surface area contributed by atoms with E-state index in [1.165, 1.54) is 23.5 Å². The number of amides is 2. The Morgan fingerprint density at radius 1 is 1.25 bits per heavy atom. The maximum atomic E-state index is 13.4. The first-order chi connectivity index (χ1) is 13.1. The summed E-state index contributed by atoms with van der Waals surface area (Å²) < 4.78 is 14.3. The van der Waals surface area contributed by atoms with Crippen LogP contribution in [0.25, 0.3) is 10.1 Å². The molecule has 0 bridgehead atoms. The minimum Gasteiger partial charge on any atom is -0.354 e. The Hall–Kier alpha value is -1.70. The molecule has 2 fully saturated rings. The lowest BCUT2D eigenvalue weighted by molar-refractivity contribution is -0.123. The molecule has 0 spiro atoms. The predicted molar refractivity (Wildman–Crippen MR) is 112 cm³/mol. The molecule has 28 heavy (non-hydrogen) atoms. The lowest BCUT2D eigenvalue weighted by Gasteiger charge is -2.32. The number of nitrogens with one attached hydrogen (secondary N) is 2. The van der Waals surface area contributed by atoms with Crippen LogP contribution in [0.1, 0.15) is 35.4 Å². The molecule has 1 aromatic heterocycles. The van der Waals surface area contributed by atoms with Crippen molar-refractivity contribution in [3.05, 3.63) is 35.0 Å². The average Bonchev–Trinajstić information content (AvgIpc) is 3.35. The second-order valence-electron chi connectivity index (χ2n) is 7.45. The van der Waals surface area contributed by atoms with Crippen LogP contribution in [0.5, 0.6) is 0 Å². The van der Waals surface area contributed by atoms with Crippen LogP contribution >= 0.6 is 23.7 Å². The second-order valence-corrected chi connectivity index (χ2v) is 8.53. The Bertz CT molecular complexity index is 853. The molecule has 2 aromatic rings. The van der Waals surface area contributed by atoms with Crippen molar-refractivity contribution in [2.24, 2.45) is 5.92 Å². The Labute approximate surface area is 174 Å². The van der Waals surface area contributed by atoms with Crippen LogP contribution in [0.2, 0.25) is 0 Å². The van der Waals surface area contributed by atoms with Crippen LogP contribution in [0.15, 0.2) is 24.3 Å². The van der Waals surface area contributed by atoms with Crippen LogP contribution in [-0.2, 0) is 4.79 Å². The van der Waals surface area contributed by atoms with Gasteiger partial charge in [-0.25, -0.2) is 4.39 Å². The number of carbonyl (C=O) groups excluding carboxylic acids is 2. The summed E-state index contributed by atoms with van der Waals surface area (Å²) in [5, 5.41) is 7.02. The third-order valence-electron chi connectivity index (χ3n) is 5.44. The van der Waals surface area contributed by atoms with Gasteiger partial charge in [0.05, 0.1) is 10.9 Å². The molecule has 152 valence electrons. The van der Waals surface area contributed by atoms with Gasteiger partial charge in [-0.1, -0.05) is 0 Å². The second kappa shape index (κ2) is 9.20. The Balaban J connectivity index is 0.00000225. The largest absolute Gasteiger partial charge is 0.354 e. The van der Waals surface area contributed by atoms with Crippen molar-refractivity contribution in [2.45, 2.75) is 31.7 Å². The van der Waals surface area contributed by atoms with E-state index in [2.05, 4.69) is 10.6 Å². The first kappa shape index (κ1) is 21.0. The number of hydrogen-bond donors (Lipinski definition) is 2. The van der Waals surface area contributed by atoms with E-state index >= 15 is 0 Å². The van der Waals surface area contributed by atoms with E-state index < -0.39 is 0 Å². The van der Waals surface area contributed by atoms with Crippen molar-refractivity contribution in [3.8, 4) is 0 Å². The minimum absolute atomic E-state index is 0. The molecule has 2 atom stereocenters. The smallest absolute Gasteiger partial charge is 0.263 e. The number of hydrogen-bond acceptors (Lipinski definition) is 4. The maximum absolute atomic E-state index is 13.4. The molecule has 2 N–H and O–H groups in total. The van der Waals surface area contributed by atoms with Crippen molar-refractivity contribution in [1.29, 1.82) is 0 Å². The third kappa shape index (κ3) is 4.64. The van der Waals surface area contributed by atoms with Gasteiger partial charge in [-0.05, 0) is 67.8 Å². The molecule has 2 unspecified atom stereocenters. The van der Waals surface area contributed by atoms with Crippen LogP contribution in [0, 0.1) is 11.7 Å². The molecule has 0 saturated carbocycles. The van der Waals surface area contributed by atoms with Gasteiger partial charge in [0.1, 0.15) is 5.82 Å². The van der Waals surface area contributed by atoms with Crippen LogP contribution in [0.4, 0.5) is 4.39 Å². The molecule has 5 nitrogen and oxygen atoms in total. The molecule has 2 amide bonds. The fourth-order valence-electron chi connectivity index (χ4n) is 3.97. The molecule has 2 aliphatic rings. The highest BCUT2D eigenvalue weighted by Gasteiger charge is 2.27. The summed E-state index contributed by atoms with van der Waals surface area (Å²) in [6.45, 7) is 2.90. The van der Waals surface area contributed by atoms with Crippen LogP contribution < -0.4 is 10.6 Å². The molecule has 0 aliphatic carbocycles. The molecule has 8 heteroatoms. The summed E-state index contributed by atoms with van der Waals surface area (Å²) in [4.78, 5) is 27.6. The zero-order valence-corrected chi connectivity index (χ0v) is 17.2. The Kier molecular flexibility index (Phi) is 6.91. The molecule has 2 saturated heterocycles. The number of carbonyl (C=O) groups is 2. The van der Waals surface area contributed by atoms with Gasteiger partial charge in [-0.2, -0.15) is 0 Å². The summed E-state index contributed by atoms with van der Waals surface area (Å²) in [6.07, 6.45) is 3.89. The lowest BCUT2D eigenvalue weighted by Crippen LogP contribution is -2.46. The van der Waals surface area contributed by atoms with Crippen molar-refractivity contribution in [2.75, 3.05) is 26.2 Å². The Morgan fingerprint density at radius 2 is 2.11 bits per heavy atom. The summed E-state index contributed by atoms with van der Waals surface area (Å²) >= 11 is 1.41. The molecular formula is C20H25ClFN3O2S. The molecule has 1 aromatic carbocycles. The zero-order chi connectivity index (χ0) is 18.8. The van der Waals surface area contributed by atoms with Crippen molar-refractivity contribution in [3.63, 3.8) is 0 Å². The van der Waals surface area contributed by atoms with E-state index in [0.29, 0.717) is 18.0 Å². The quantitative estimate of drug-likeness (QED) is 0.790. The van der Waals surface area contributed by atoms with Crippen molar-refractivity contribution >= 4 is 45.6 Å². The van der Waals surface area contributed by atoms with Gasteiger partial charge in [-0.15, -0.1) is 23.7 Å². The Morgan fingerprint density at radius 3 is 2.89 bits per heavy atom. The fraction of sp³-hybridized carbons (Fsp3) is 0.500. The highest BCUT2D eigenvalue weighted by Crippen LogP contribution is 2.28. The number of halogens is 2. The highest BCUT2D eigenvalue weighted by molar-refractivity contribution is 7.20. The predicted octanol–water partition coefficient (Wildman–Crippen LogP) is 3.18. The van der Waals surface area contributed by atoms with Gasteiger partial charge in [0.25, 0.3) is 5.91 Å². The number of benzene rings is 1. The van der Waals surface area contributed by atoms with Crippen molar-refractivity contribution < 1.29 is 14.0 Å². The van der Waals surface area contributed by atoms with Gasteiger partial charge < -0.3 is 15.5 Å². The van der Waals surface area contributed by atoms with Crippen molar-refractivity contribution in [1.82, 2.24) is 15.5 Å². The van der Waals surface area contributed by atoms with Gasteiger partial charge in [0, 0.05) is 24.3 Å². The first-order valence-electron chi connectivity index (χ1n) is 9.59. The molecule has 0 radical (unpaired) electrons. The van der Waals surface area contributed by atoms with E-state index in [-0.39, 0.29) is 42.0 Å².